The van der Waals surface area contributed by atoms with Gasteiger partial charge in [0, 0.05) is 6.07 Å². The van der Waals surface area contributed by atoms with Gasteiger partial charge in [-0.2, -0.15) is 0 Å². The Kier molecular flexibility index (Phi) is 8.32. The third-order valence-electron chi connectivity index (χ3n) is 5.34. The van der Waals surface area contributed by atoms with Crippen LogP contribution in [0.25, 0.3) is 6.08 Å². The molecule has 0 N–H and O–H groups in total. The molecule has 39 heavy (non-hydrogen) atoms. The van der Waals surface area contributed by atoms with Crippen LogP contribution in [-0.4, -0.2) is 46.2 Å². The average molecular weight is 572 g/mol. The summed E-state index contributed by atoms with van der Waals surface area (Å²) < 4.78 is 16.5. The minimum absolute atomic E-state index is 0.0251. The fourth-order valence-electron chi connectivity index (χ4n) is 3.48. The minimum Gasteiger partial charge on any atom is -0.493 e. The summed E-state index contributed by atoms with van der Waals surface area (Å²) in [6.45, 7) is 0.0844. The molecule has 0 bridgehead atoms. The summed E-state index contributed by atoms with van der Waals surface area (Å²) in [7, 11) is 1.35. The van der Waals surface area contributed by atoms with Crippen LogP contribution in [0.3, 0.4) is 0 Å². The number of halogens is 1. The van der Waals surface area contributed by atoms with Gasteiger partial charge in [-0.1, -0.05) is 29.8 Å². The summed E-state index contributed by atoms with van der Waals surface area (Å²) in [5, 5.41) is 22.3. The molecule has 0 atom stereocenters. The Balaban J connectivity index is 1.49. The van der Waals surface area contributed by atoms with Crippen molar-refractivity contribution in [2.75, 3.05) is 20.3 Å². The Hall–Kier alpha value is -4.62. The lowest BCUT2D eigenvalue weighted by Crippen LogP contribution is -2.32. The predicted octanol–water partition coefficient (Wildman–Crippen LogP) is 6.07. The zero-order valence-corrected chi connectivity index (χ0v) is 21.6. The Bertz CT molecular complexity index is 1510. The van der Waals surface area contributed by atoms with Crippen LogP contribution in [0.2, 0.25) is 5.02 Å². The van der Waals surface area contributed by atoms with Crippen molar-refractivity contribution in [3.63, 3.8) is 0 Å². The maximum absolute atomic E-state index is 12.8. The largest absolute Gasteiger partial charge is 0.493 e. The number of para-hydroxylation sites is 1. The van der Waals surface area contributed by atoms with Crippen LogP contribution in [0.15, 0.2) is 65.6 Å². The van der Waals surface area contributed by atoms with Crippen LogP contribution in [0, 0.1) is 20.2 Å². The fourth-order valence-corrected chi connectivity index (χ4v) is 4.53. The van der Waals surface area contributed by atoms with Gasteiger partial charge in [0.25, 0.3) is 16.8 Å². The summed E-state index contributed by atoms with van der Waals surface area (Å²) in [5.41, 5.74) is -0.557. The molecule has 1 aliphatic rings. The Morgan fingerprint density at radius 1 is 0.949 bits per heavy atom. The van der Waals surface area contributed by atoms with Gasteiger partial charge in [0.1, 0.15) is 12.4 Å². The van der Waals surface area contributed by atoms with Crippen LogP contribution >= 0.6 is 23.4 Å². The van der Waals surface area contributed by atoms with E-state index in [4.69, 9.17) is 25.8 Å². The van der Waals surface area contributed by atoms with Gasteiger partial charge in [-0.05, 0) is 53.7 Å². The van der Waals surface area contributed by atoms with Crippen LogP contribution in [-0.2, 0) is 4.79 Å². The molecule has 3 aromatic rings. The first-order chi connectivity index (χ1) is 18.7. The predicted molar refractivity (Wildman–Crippen MR) is 142 cm³/mol. The molecule has 0 aromatic heterocycles. The summed E-state index contributed by atoms with van der Waals surface area (Å²) in [6.07, 6.45) is 1.50. The van der Waals surface area contributed by atoms with Gasteiger partial charge in [0.15, 0.2) is 11.5 Å². The maximum atomic E-state index is 12.8. The van der Waals surface area contributed by atoms with Gasteiger partial charge in [-0.15, -0.1) is 0 Å². The first-order valence-corrected chi connectivity index (χ1v) is 12.3. The lowest BCUT2D eigenvalue weighted by Gasteiger charge is -2.13. The molecule has 4 rings (SSSR count). The first kappa shape index (κ1) is 27.4. The zero-order chi connectivity index (χ0) is 28.1. The number of amides is 2. The molecule has 14 heteroatoms. The number of carbonyl (C=O) groups excluding carboxylic acids is 2. The lowest BCUT2D eigenvalue weighted by molar-refractivity contribution is -0.394. The number of nitro benzene ring substituents is 2. The van der Waals surface area contributed by atoms with Gasteiger partial charge in [-0.25, -0.2) is 0 Å². The van der Waals surface area contributed by atoms with Crippen LogP contribution in [0.5, 0.6) is 23.0 Å². The zero-order valence-electron chi connectivity index (χ0n) is 20.1. The topological polar surface area (TPSA) is 151 Å². The SMILES string of the molecule is COc1cc(/C=C2\SC(=O)N(CCOc3ccccc3Cl)C2=O)ccc1Oc1ccc([N+](=O)[O-])cc1[N+](=O)[O-]. The molecule has 0 saturated carbocycles. The van der Waals surface area contributed by atoms with Gasteiger partial charge in [-0.3, -0.25) is 34.7 Å². The number of imide groups is 1. The quantitative estimate of drug-likeness (QED) is 0.159. The van der Waals surface area contributed by atoms with E-state index in [0.717, 1.165) is 34.9 Å². The van der Waals surface area contributed by atoms with Gasteiger partial charge >= 0.3 is 5.69 Å². The highest BCUT2D eigenvalue weighted by Gasteiger charge is 2.35. The van der Waals surface area contributed by atoms with E-state index in [1.165, 1.54) is 25.3 Å². The lowest BCUT2D eigenvalue weighted by atomic mass is 10.1. The van der Waals surface area contributed by atoms with E-state index in [0.29, 0.717) is 16.3 Å². The van der Waals surface area contributed by atoms with Crippen molar-refractivity contribution in [2.24, 2.45) is 0 Å². The number of nitrogens with zero attached hydrogens (tertiary/aromatic N) is 3. The molecule has 12 nitrogen and oxygen atoms in total. The van der Waals surface area contributed by atoms with Crippen LogP contribution < -0.4 is 14.2 Å². The normalized spacial score (nSPS) is 14.0. The third-order valence-corrected chi connectivity index (χ3v) is 6.56. The number of thioether (sulfide) groups is 1. The van der Waals surface area contributed by atoms with Gasteiger partial charge in [0.05, 0.1) is 39.5 Å². The number of hydrogen-bond donors (Lipinski definition) is 0. The monoisotopic (exact) mass is 571 g/mol. The van der Waals surface area contributed by atoms with Crippen molar-refractivity contribution in [2.45, 2.75) is 0 Å². The van der Waals surface area contributed by atoms with E-state index in [1.807, 2.05) is 0 Å². The highest BCUT2D eigenvalue weighted by Crippen LogP contribution is 2.39. The van der Waals surface area contributed by atoms with E-state index < -0.39 is 32.4 Å². The number of benzene rings is 3. The molecule has 0 radical (unpaired) electrons. The molecule has 1 heterocycles. The second-order valence-electron chi connectivity index (χ2n) is 7.79. The third kappa shape index (κ3) is 6.27. The Labute approximate surface area is 230 Å². The van der Waals surface area contributed by atoms with Crippen LogP contribution in [0.4, 0.5) is 16.2 Å². The summed E-state index contributed by atoms with van der Waals surface area (Å²) in [6, 6.07) is 14.4. The van der Waals surface area contributed by atoms with Crippen molar-refractivity contribution in [3.05, 3.63) is 96.4 Å². The van der Waals surface area contributed by atoms with E-state index in [9.17, 15) is 29.8 Å². The van der Waals surface area contributed by atoms with E-state index in [-0.39, 0.29) is 35.3 Å². The number of ether oxygens (including phenoxy) is 3. The molecule has 1 saturated heterocycles. The molecular weight excluding hydrogens is 554 g/mol. The highest BCUT2D eigenvalue weighted by molar-refractivity contribution is 8.18. The molecule has 1 aliphatic heterocycles. The second-order valence-corrected chi connectivity index (χ2v) is 9.19. The Morgan fingerprint density at radius 3 is 2.38 bits per heavy atom. The van der Waals surface area contributed by atoms with Crippen LogP contribution in [0.1, 0.15) is 5.56 Å². The smallest absolute Gasteiger partial charge is 0.318 e. The number of nitro groups is 2. The summed E-state index contributed by atoms with van der Waals surface area (Å²) in [5.74, 6) is -0.0133. The highest BCUT2D eigenvalue weighted by atomic mass is 35.5. The number of hydrogen-bond acceptors (Lipinski definition) is 10. The number of carbonyl (C=O) groups is 2. The minimum atomic E-state index is -0.793. The molecule has 1 fully saturated rings. The second kappa shape index (κ2) is 11.8. The number of rotatable bonds is 10. The number of methoxy groups -OCH3 is 1. The van der Waals surface area contributed by atoms with Gasteiger partial charge in [0.2, 0.25) is 5.75 Å². The number of non-ortho nitro benzene ring substituents is 1. The van der Waals surface area contributed by atoms with Crippen molar-refractivity contribution < 1.29 is 33.6 Å². The van der Waals surface area contributed by atoms with Crippen molar-refractivity contribution in [1.82, 2.24) is 4.90 Å². The summed E-state index contributed by atoms with van der Waals surface area (Å²) in [4.78, 5) is 47.3. The molecule has 0 aliphatic carbocycles. The van der Waals surface area contributed by atoms with Crippen molar-refractivity contribution in [1.29, 1.82) is 0 Å². The van der Waals surface area contributed by atoms with E-state index in [1.54, 1.807) is 30.3 Å². The molecular formula is C25H18ClN3O9S. The van der Waals surface area contributed by atoms with Gasteiger partial charge < -0.3 is 14.2 Å². The molecule has 0 unspecified atom stereocenters. The fraction of sp³-hybridized carbons (Fsp3) is 0.120. The maximum Gasteiger partial charge on any atom is 0.318 e. The average Bonchev–Trinajstić information content (AvgIpc) is 3.17. The standard InChI is InChI=1S/C25H18ClN3O9S/c1-36-22-12-15(6-8-21(22)38-20-9-7-16(28(32)33)14-18(20)29(34)35)13-23-24(30)27(25(31)39-23)10-11-37-19-5-3-2-4-17(19)26/h2-9,12-14H,10-11H2,1H3/b23-13-. The van der Waals surface area contributed by atoms with E-state index in [2.05, 4.69) is 0 Å². The molecule has 0 spiro atoms. The van der Waals surface area contributed by atoms with E-state index >= 15 is 0 Å². The molecule has 200 valence electrons. The first-order valence-electron chi connectivity index (χ1n) is 11.1. The van der Waals surface area contributed by atoms with Crippen molar-refractivity contribution in [3.8, 4) is 23.0 Å². The Morgan fingerprint density at radius 2 is 1.69 bits per heavy atom. The molecule has 2 amide bonds. The van der Waals surface area contributed by atoms with Crippen molar-refractivity contribution >= 4 is 52.0 Å². The molecule has 3 aromatic carbocycles. The summed E-state index contributed by atoms with van der Waals surface area (Å²) >= 11 is 6.82.